The molecule has 0 aliphatic carbocycles. The van der Waals surface area contributed by atoms with Gasteiger partial charge >= 0.3 is 0 Å². The normalized spacial score (nSPS) is 15.0. The van der Waals surface area contributed by atoms with Crippen molar-refractivity contribution in [2.45, 2.75) is 35.5 Å². The Morgan fingerprint density at radius 2 is 1.37 bits per heavy atom. The van der Waals surface area contributed by atoms with Crippen molar-refractivity contribution in [1.82, 2.24) is 4.31 Å². The first-order valence-electron chi connectivity index (χ1n) is 11.7. The Labute approximate surface area is 237 Å². The van der Waals surface area contributed by atoms with Gasteiger partial charge in [0, 0.05) is 23.8 Å². The lowest BCUT2D eigenvalue weighted by molar-refractivity contribution is 0.102. The lowest BCUT2D eigenvalue weighted by Crippen LogP contribution is -2.32. The van der Waals surface area contributed by atoms with Crippen LogP contribution in [0, 0.1) is 0 Å². The summed E-state index contributed by atoms with van der Waals surface area (Å²) in [6.07, 6.45) is 3.53. The number of halogens is 3. The topological polar surface area (TPSA) is 113 Å². The number of nitrogens with zero attached hydrogens (tertiary/aromatic N) is 1. The van der Waals surface area contributed by atoms with E-state index in [1.807, 2.05) is 0 Å². The molecule has 0 bridgehead atoms. The number of hydrogen-bond acceptors (Lipinski definition) is 5. The maximum atomic E-state index is 13.2. The zero-order valence-electron chi connectivity index (χ0n) is 20.0. The molecular formula is C25H24Cl3N3O5S2. The lowest BCUT2D eigenvalue weighted by atomic mass is 10.2. The fraction of sp³-hybridized carbons (Fsp3) is 0.240. The van der Waals surface area contributed by atoms with E-state index in [2.05, 4.69) is 10.0 Å². The zero-order chi connectivity index (χ0) is 27.5. The van der Waals surface area contributed by atoms with E-state index >= 15 is 0 Å². The van der Waals surface area contributed by atoms with Gasteiger partial charge in [0.25, 0.3) is 15.9 Å². The fourth-order valence-electron chi connectivity index (χ4n) is 3.96. The molecule has 4 rings (SSSR count). The van der Waals surface area contributed by atoms with Crippen LogP contribution in [0.2, 0.25) is 15.1 Å². The Bertz CT molecular complexity index is 1560. The van der Waals surface area contributed by atoms with E-state index in [0.29, 0.717) is 18.1 Å². The molecule has 1 aliphatic heterocycles. The van der Waals surface area contributed by atoms with Crippen LogP contribution in [0.5, 0.6) is 0 Å². The Morgan fingerprint density at radius 3 is 2.00 bits per heavy atom. The Kier molecular flexibility index (Phi) is 8.91. The minimum atomic E-state index is -3.97. The van der Waals surface area contributed by atoms with E-state index < -0.39 is 26.0 Å². The molecule has 202 valence electrons. The molecule has 0 saturated carbocycles. The monoisotopic (exact) mass is 615 g/mol. The van der Waals surface area contributed by atoms with Crippen LogP contribution in [-0.4, -0.2) is 40.1 Å². The van der Waals surface area contributed by atoms with Crippen LogP contribution in [0.25, 0.3) is 0 Å². The van der Waals surface area contributed by atoms with Gasteiger partial charge in [-0.1, -0.05) is 47.6 Å². The fourth-order valence-corrected chi connectivity index (χ4v) is 7.30. The van der Waals surface area contributed by atoms with Gasteiger partial charge in [0.15, 0.2) is 0 Å². The summed E-state index contributed by atoms with van der Waals surface area (Å²) in [4.78, 5) is 12.9. The third-order valence-electron chi connectivity index (χ3n) is 5.98. The highest BCUT2D eigenvalue weighted by Crippen LogP contribution is 2.29. The summed E-state index contributed by atoms with van der Waals surface area (Å²) >= 11 is 18.1. The molecule has 1 aliphatic rings. The van der Waals surface area contributed by atoms with Gasteiger partial charge in [-0.3, -0.25) is 9.52 Å². The summed E-state index contributed by atoms with van der Waals surface area (Å²) in [5.74, 6) is -0.635. The van der Waals surface area contributed by atoms with Crippen LogP contribution in [0.4, 0.5) is 11.4 Å². The predicted octanol–water partition coefficient (Wildman–Crippen LogP) is 6.26. The molecular weight excluding hydrogens is 593 g/mol. The highest BCUT2D eigenvalue weighted by molar-refractivity contribution is 7.92. The molecule has 0 unspecified atom stereocenters. The van der Waals surface area contributed by atoms with Crippen LogP contribution in [0.3, 0.4) is 0 Å². The molecule has 3 aromatic carbocycles. The van der Waals surface area contributed by atoms with Gasteiger partial charge < -0.3 is 5.32 Å². The average Bonchev–Trinajstić information content (AvgIpc) is 3.16. The van der Waals surface area contributed by atoms with E-state index in [1.54, 1.807) is 0 Å². The number of carbonyl (C=O) groups excluding carboxylic acids is 1. The van der Waals surface area contributed by atoms with Gasteiger partial charge in [0.2, 0.25) is 10.0 Å². The Balaban J connectivity index is 1.50. The zero-order valence-corrected chi connectivity index (χ0v) is 23.9. The Hall–Kier alpha value is -2.34. The summed E-state index contributed by atoms with van der Waals surface area (Å²) in [7, 11) is -7.75. The van der Waals surface area contributed by atoms with Crippen LogP contribution in [-0.2, 0) is 20.0 Å². The molecule has 0 aromatic heterocycles. The first-order chi connectivity index (χ1) is 18.0. The molecule has 0 spiro atoms. The van der Waals surface area contributed by atoms with Crippen molar-refractivity contribution >= 4 is 72.1 Å². The molecule has 0 atom stereocenters. The van der Waals surface area contributed by atoms with Crippen molar-refractivity contribution in [1.29, 1.82) is 0 Å². The van der Waals surface area contributed by atoms with Gasteiger partial charge in [-0.15, -0.1) is 0 Å². The number of nitrogens with one attached hydrogen (secondary N) is 2. The van der Waals surface area contributed by atoms with Crippen molar-refractivity contribution < 1.29 is 21.6 Å². The van der Waals surface area contributed by atoms with E-state index in [0.717, 1.165) is 25.7 Å². The maximum Gasteiger partial charge on any atom is 0.261 e. The summed E-state index contributed by atoms with van der Waals surface area (Å²) in [6, 6.07) is 13.8. The molecule has 0 radical (unpaired) electrons. The lowest BCUT2D eigenvalue weighted by Gasteiger charge is -2.20. The highest BCUT2D eigenvalue weighted by Gasteiger charge is 2.27. The van der Waals surface area contributed by atoms with E-state index in [-0.39, 0.29) is 36.8 Å². The van der Waals surface area contributed by atoms with Gasteiger partial charge in [-0.2, -0.15) is 4.31 Å². The first kappa shape index (κ1) is 28.7. The molecule has 3 aromatic rings. The van der Waals surface area contributed by atoms with Crippen LogP contribution in [0.15, 0.2) is 70.5 Å². The standard InChI is InChI=1S/C25H24Cl3N3O5S2/c26-17-5-12-24(23(28)15-17)30-37(33,34)19-8-6-18(7-9-19)29-25(32)21-16-20(10-11-22(21)27)38(35,36)31-13-3-1-2-4-14-31/h5-12,15-16,30H,1-4,13-14H2,(H,29,32). The number of amides is 1. The maximum absolute atomic E-state index is 13.2. The minimum absolute atomic E-state index is 0.0117. The van der Waals surface area contributed by atoms with Crippen molar-refractivity contribution in [3.8, 4) is 0 Å². The SMILES string of the molecule is O=C(Nc1ccc(S(=O)(=O)Nc2ccc(Cl)cc2Cl)cc1)c1cc(S(=O)(=O)N2CCCCCC2)ccc1Cl. The number of rotatable bonds is 7. The van der Waals surface area contributed by atoms with Gasteiger partial charge in [0.1, 0.15) is 0 Å². The number of carbonyl (C=O) groups is 1. The molecule has 13 heteroatoms. The van der Waals surface area contributed by atoms with Crippen LogP contribution in [0.1, 0.15) is 36.0 Å². The molecule has 1 amide bonds. The van der Waals surface area contributed by atoms with Crippen molar-refractivity contribution in [2.75, 3.05) is 23.1 Å². The van der Waals surface area contributed by atoms with Crippen molar-refractivity contribution in [2.24, 2.45) is 0 Å². The van der Waals surface area contributed by atoms with Crippen molar-refractivity contribution in [3.63, 3.8) is 0 Å². The quantitative estimate of drug-likeness (QED) is 0.325. The summed E-state index contributed by atoms with van der Waals surface area (Å²) in [5, 5.41) is 3.22. The minimum Gasteiger partial charge on any atom is -0.322 e. The Morgan fingerprint density at radius 1 is 0.737 bits per heavy atom. The predicted molar refractivity (Wildman–Crippen MR) is 150 cm³/mol. The van der Waals surface area contributed by atoms with Gasteiger partial charge in [-0.05, 0) is 73.5 Å². The van der Waals surface area contributed by atoms with Gasteiger partial charge in [0.05, 0.1) is 31.1 Å². The second-order valence-corrected chi connectivity index (χ2v) is 13.5. The summed E-state index contributed by atoms with van der Waals surface area (Å²) in [5.41, 5.74) is 0.437. The van der Waals surface area contributed by atoms with Crippen LogP contribution < -0.4 is 10.0 Å². The molecule has 1 heterocycles. The van der Waals surface area contributed by atoms with E-state index in [1.165, 1.54) is 65.0 Å². The van der Waals surface area contributed by atoms with Crippen molar-refractivity contribution in [3.05, 3.63) is 81.3 Å². The third-order valence-corrected chi connectivity index (χ3v) is 10.1. The number of hydrogen-bond donors (Lipinski definition) is 2. The average molecular weight is 617 g/mol. The largest absolute Gasteiger partial charge is 0.322 e. The summed E-state index contributed by atoms with van der Waals surface area (Å²) in [6.45, 7) is 0.863. The molecule has 38 heavy (non-hydrogen) atoms. The molecule has 8 nitrogen and oxygen atoms in total. The number of anilines is 2. The number of benzene rings is 3. The molecule has 2 N–H and O–H groups in total. The number of sulfonamides is 2. The second-order valence-electron chi connectivity index (χ2n) is 8.67. The summed E-state index contributed by atoms with van der Waals surface area (Å²) < 4.78 is 55.7. The van der Waals surface area contributed by atoms with Crippen LogP contribution >= 0.6 is 34.8 Å². The van der Waals surface area contributed by atoms with E-state index in [4.69, 9.17) is 34.8 Å². The molecule has 1 saturated heterocycles. The third kappa shape index (κ3) is 6.62. The molecule has 1 fully saturated rings. The first-order valence-corrected chi connectivity index (χ1v) is 15.7. The highest BCUT2D eigenvalue weighted by atomic mass is 35.5. The smallest absolute Gasteiger partial charge is 0.261 e. The second kappa shape index (κ2) is 11.8. The van der Waals surface area contributed by atoms with Gasteiger partial charge in [-0.25, -0.2) is 16.8 Å². The van der Waals surface area contributed by atoms with E-state index in [9.17, 15) is 21.6 Å².